The number of nitrogens with one attached hydrogen (secondary N) is 1. The average molecular weight is 377 g/mol. The maximum Gasteiger partial charge on any atom is 0.416 e. The van der Waals surface area contributed by atoms with Crippen LogP contribution in [0.2, 0.25) is 0 Å². The van der Waals surface area contributed by atoms with Crippen LogP contribution in [-0.4, -0.2) is 16.0 Å². The van der Waals surface area contributed by atoms with E-state index >= 15 is 0 Å². The standard InChI is InChI=1S/C18H14F3N3O3/c19-18(20,21)12-5-4-8-14(9-12)26-11-17-23-15(24-27-17)10-16(25)22-13-6-2-1-3-7-13/h1-9H,10-11H2,(H,22,25). The molecule has 1 N–H and O–H groups in total. The Balaban J connectivity index is 1.54. The number of para-hydroxylation sites is 1. The monoisotopic (exact) mass is 377 g/mol. The Kier molecular flexibility index (Phi) is 5.39. The molecule has 1 aromatic heterocycles. The van der Waals surface area contributed by atoms with Crippen LogP contribution in [-0.2, 0) is 24.0 Å². The number of benzene rings is 2. The van der Waals surface area contributed by atoms with Gasteiger partial charge in [-0.1, -0.05) is 29.4 Å². The summed E-state index contributed by atoms with van der Waals surface area (Å²) in [6, 6.07) is 13.3. The Hall–Kier alpha value is -3.36. The highest BCUT2D eigenvalue weighted by molar-refractivity contribution is 5.91. The molecule has 0 unspecified atom stereocenters. The van der Waals surface area contributed by atoms with E-state index in [1.54, 1.807) is 24.3 Å². The minimum atomic E-state index is -4.46. The Labute approximate surface area is 152 Å². The van der Waals surface area contributed by atoms with Crippen molar-refractivity contribution >= 4 is 11.6 Å². The van der Waals surface area contributed by atoms with Crippen molar-refractivity contribution in [1.29, 1.82) is 0 Å². The highest BCUT2D eigenvalue weighted by Gasteiger charge is 2.30. The van der Waals surface area contributed by atoms with E-state index in [1.165, 1.54) is 12.1 Å². The first-order chi connectivity index (χ1) is 12.9. The Bertz CT molecular complexity index is 911. The quantitative estimate of drug-likeness (QED) is 0.706. The topological polar surface area (TPSA) is 77.2 Å². The van der Waals surface area contributed by atoms with E-state index in [4.69, 9.17) is 9.26 Å². The van der Waals surface area contributed by atoms with Crippen molar-refractivity contribution in [2.75, 3.05) is 5.32 Å². The Morgan fingerprint density at radius 2 is 1.89 bits per heavy atom. The largest absolute Gasteiger partial charge is 0.484 e. The zero-order valence-corrected chi connectivity index (χ0v) is 13.9. The van der Waals surface area contributed by atoms with Crippen molar-refractivity contribution in [3.63, 3.8) is 0 Å². The van der Waals surface area contributed by atoms with Gasteiger partial charge in [-0.05, 0) is 30.3 Å². The van der Waals surface area contributed by atoms with Gasteiger partial charge in [-0.2, -0.15) is 18.2 Å². The fourth-order valence-corrected chi connectivity index (χ4v) is 2.20. The van der Waals surface area contributed by atoms with Gasteiger partial charge in [0.25, 0.3) is 5.89 Å². The van der Waals surface area contributed by atoms with Crippen molar-refractivity contribution in [1.82, 2.24) is 10.1 Å². The number of carbonyl (C=O) groups excluding carboxylic acids is 1. The molecule has 0 saturated carbocycles. The Morgan fingerprint density at radius 3 is 2.63 bits per heavy atom. The van der Waals surface area contributed by atoms with Gasteiger partial charge in [0.1, 0.15) is 5.75 Å². The number of ether oxygens (including phenoxy) is 1. The summed E-state index contributed by atoms with van der Waals surface area (Å²) in [6.07, 6.45) is -4.56. The van der Waals surface area contributed by atoms with Crippen LogP contribution in [0.5, 0.6) is 5.75 Å². The predicted octanol–water partition coefficient (Wildman–Crippen LogP) is 3.85. The minimum absolute atomic E-state index is 0.0198. The van der Waals surface area contributed by atoms with Gasteiger partial charge in [-0.25, -0.2) is 0 Å². The number of halogens is 3. The van der Waals surface area contributed by atoms with Crippen LogP contribution in [0.3, 0.4) is 0 Å². The second-order valence-electron chi connectivity index (χ2n) is 5.51. The number of rotatable bonds is 6. The fraction of sp³-hybridized carbons (Fsp3) is 0.167. The number of aromatic nitrogens is 2. The van der Waals surface area contributed by atoms with E-state index in [-0.39, 0.29) is 36.4 Å². The third kappa shape index (κ3) is 5.30. The number of hydrogen-bond acceptors (Lipinski definition) is 5. The maximum absolute atomic E-state index is 12.7. The minimum Gasteiger partial charge on any atom is -0.484 e. The lowest BCUT2D eigenvalue weighted by Crippen LogP contribution is -2.15. The molecule has 0 bridgehead atoms. The zero-order chi connectivity index (χ0) is 19.3. The number of amides is 1. The molecule has 2 aromatic carbocycles. The van der Waals surface area contributed by atoms with Crippen molar-refractivity contribution < 1.29 is 27.2 Å². The first kappa shape index (κ1) is 18.4. The van der Waals surface area contributed by atoms with Gasteiger partial charge in [0.15, 0.2) is 12.4 Å². The van der Waals surface area contributed by atoms with Gasteiger partial charge in [0.05, 0.1) is 12.0 Å². The van der Waals surface area contributed by atoms with Gasteiger partial charge >= 0.3 is 6.18 Å². The molecule has 1 amide bonds. The summed E-state index contributed by atoms with van der Waals surface area (Å²) >= 11 is 0. The van der Waals surface area contributed by atoms with Crippen molar-refractivity contribution in [2.24, 2.45) is 0 Å². The fourth-order valence-electron chi connectivity index (χ4n) is 2.20. The Morgan fingerprint density at radius 1 is 1.11 bits per heavy atom. The van der Waals surface area contributed by atoms with Crippen LogP contribution >= 0.6 is 0 Å². The molecule has 0 aliphatic heterocycles. The van der Waals surface area contributed by atoms with Gasteiger partial charge in [-0.3, -0.25) is 4.79 Å². The van der Waals surface area contributed by atoms with Crippen LogP contribution in [0.25, 0.3) is 0 Å². The highest BCUT2D eigenvalue weighted by Crippen LogP contribution is 2.31. The van der Waals surface area contributed by atoms with Crippen molar-refractivity contribution in [3.8, 4) is 5.75 Å². The molecule has 0 radical (unpaired) electrons. The zero-order valence-electron chi connectivity index (χ0n) is 13.9. The number of nitrogens with zero attached hydrogens (tertiary/aromatic N) is 2. The second-order valence-corrected chi connectivity index (χ2v) is 5.51. The number of hydrogen-bond donors (Lipinski definition) is 1. The molecule has 140 valence electrons. The van der Waals surface area contributed by atoms with Crippen LogP contribution < -0.4 is 10.1 Å². The maximum atomic E-state index is 12.7. The molecule has 0 spiro atoms. The lowest BCUT2D eigenvalue weighted by atomic mass is 10.2. The third-order valence-electron chi connectivity index (χ3n) is 3.41. The van der Waals surface area contributed by atoms with Crippen molar-refractivity contribution in [2.45, 2.75) is 19.2 Å². The SMILES string of the molecule is O=C(Cc1noc(COc2cccc(C(F)(F)F)c2)n1)Nc1ccccc1. The molecule has 6 nitrogen and oxygen atoms in total. The number of alkyl halides is 3. The summed E-state index contributed by atoms with van der Waals surface area (Å²) in [7, 11) is 0. The normalized spacial score (nSPS) is 11.2. The smallest absolute Gasteiger partial charge is 0.416 e. The van der Waals surface area contributed by atoms with Crippen LogP contribution in [0.15, 0.2) is 59.1 Å². The number of anilines is 1. The van der Waals surface area contributed by atoms with Gasteiger partial charge < -0.3 is 14.6 Å². The first-order valence-electron chi connectivity index (χ1n) is 7.86. The molecule has 9 heteroatoms. The second kappa shape index (κ2) is 7.90. The molecular formula is C18H14F3N3O3. The molecule has 3 aromatic rings. The van der Waals surface area contributed by atoms with E-state index < -0.39 is 11.7 Å². The molecule has 1 heterocycles. The predicted molar refractivity (Wildman–Crippen MR) is 88.8 cm³/mol. The van der Waals surface area contributed by atoms with Gasteiger partial charge in [0, 0.05) is 5.69 Å². The van der Waals surface area contributed by atoms with E-state index in [1.807, 2.05) is 6.07 Å². The average Bonchev–Trinajstić information content (AvgIpc) is 3.07. The molecular weight excluding hydrogens is 363 g/mol. The van der Waals surface area contributed by atoms with E-state index in [0.717, 1.165) is 12.1 Å². The van der Waals surface area contributed by atoms with Crippen LogP contribution in [0.1, 0.15) is 17.3 Å². The molecule has 0 aliphatic carbocycles. The summed E-state index contributed by atoms with van der Waals surface area (Å²) in [5, 5.41) is 6.34. The summed E-state index contributed by atoms with van der Waals surface area (Å²) < 4.78 is 48.2. The van der Waals surface area contributed by atoms with Crippen molar-refractivity contribution in [3.05, 3.63) is 71.9 Å². The molecule has 27 heavy (non-hydrogen) atoms. The lowest BCUT2D eigenvalue weighted by Gasteiger charge is -2.08. The van der Waals surface area contributed by atoms with E-state index in [2.05, 4.69) is 15.5 Å². The van der Waals surface area contributed by atoms with Crippen LogP contribution in [0, 0.1) is 0 Å². The highest BCUT2D eigenvalue weighted by atomic mass is 19.4. The first-order valence-corrected chi connectivity index (χ1v) is 7.86. The van der Waals surface area contributed by atoms with E-state index in [9.17, 15) is 18.0 Å². The van der Waals surface area contributed by atoms with Crippen LogP contribution in [0.4, 0.5) is 18.9 Å². The van der Waals surface area contributed by atoms with E-state index in [0.29, 0.717) is 5.69 Å². The third-order valence-corrected chi connectivity index (χ3v) is 3.41. The molecule has 0 fully saturated rings. The number of carbonyl (C=O) groups is 1. The summed E-state index contributed by atoms with van der Waals surface area (Å²) in [6.45, 7) is -0.214. The summed E-state index contributed by atoms with van der Waals surface area (Å²) in [5.74, 6) is -0.111. The molecule has 0 atom stereocenters. The molecule has 0 saturated heterocycles. The van der Waals surface area contributed by atoms with Gasteiger partial charge in [0.2, 0.25) is 5.91 Å². The summed E-state index contributed by atoms with van der Waals surface area (Å²) in [5.41, 5.74) is -0.178. The summed E-state index contributed by atoms with van der Waals surface area (Å²) in [4.78, 5) is 15.9. The van der Waals surface area contributed by atoms with Gasteiger partial charge in [-0.15, -0.1) is 0 Å². The molecule has 3 rings (SSSR count). The molecule has 0 aliphatic rings. The lowest BCUT2D eigenvalue weighted by molar-refractivity contribution is -0.137.